The highest BCUT2D eigenvalue weighted by Gasteiger charge is 2.45. The van der Waals surface area contributed by atoms with Crippen LogP contribution in [0.5, 0.6) is 5.75 Å². The van der Waals surface area contributed by atoms with Crippen LogP contribution in [0, 0.1) is 5.82 Å². The lowest BCUT2D eigenvalue weighted by Crippen LogP contribution is -2.41. The van der Waals surface area contributed by atoms with Crippen molar-refractivity contribution in [1.29, 1.82) is 0 Å². The number of halogens is 2. The molecule has 2 unspecified atom stereocenters. The zero-order valence-corrected chi connectivity index (χ0v) is 19.2. The molecule has 3 aromatic carbocycles. The number of sulfonamides is 1. The Balaban J connectivity index is 1.59. The third-order valence-corrected chi connectivity index (χ3v) is 7.60. The standard InChI is InChI=1S/C24H21ClFNO5S/c1-31-24(28)22-14-19(32-23-5-3-2-4-21(23)26)15-27(22)33(29,30)20-12-8-17(9-13-20)16-6-10-18(25)11-7-16/h2-13,19,22H,14-15H2,1H3. The van der Waals surface area contributed by atoms with Crippen LogP contribution in [0.15, 0.2) is 77.7 Å². The van der Waals surface area contributed by atoms with Crippen LogP contribution in [0.2, 0.25) is 5.02 Å². The van der Waals surface area contributed by atoms with Gasteiger partial charge in [-0.1, -0.05) is 48.0 Å². The number of rotatable bonds is 6. The summed E-state index contributed by atoms with van der Waals surface area (Å²) >= 11 is 5.93. The van der Waals surface area contributed by atoms with E-state index in [1.807, 2.05) is 12.1 Å². The number of methoxy groups -OCH3 is 1. The summed E-state index contributed by atoms with van der Waals surface area (Å²) in [5.74, 6) is -1.26. The maximum atomic E-state index is 14.0. The topological polar surface area (TPSA) is 72.9 Å². The van der Waals surface area contributed by atoms with Crippen LogP contribution in [-0.2, 0) is 19.6 Å². The first-order valence-corrected chi connectivity index (χ1v) is 12.0. The molecule has 6 nitrogen and oxygen atoms in total. The third-order valence-electron chi connectivity index (χ3n) is 5.46. The highest BCUT2D eigenvalue weighted by molar-refractivity contribution is 7.89. The van der Waals surface area contributed by atoms with Crippen LogP contribution in [-0.4, -0.2) is 44.5 Å². The maximum Gasteiger partial charge on any atom is 0.324 e. The number of carbonyl (C=O) groups excluding carboxylic acids is 1. The molecule has 1 fully saturated rings. The number of hydrogen-bond acceptors (Lipinski definition) is 5. The molecule has 0 spiro atoms. The fourth-order valence-corrected chi connectivity index (χ4v) is 5.53. The lowest BCUT2D eigenvalue weighted by molar-refractivity contribution is -0.144. The van der Waals surface area contributed by atoms with E-state index in [4.69, 9.17) is 21.1 Å². The van der Waals surface area contributed by atoms with E-state index in [9.17, 15) is 17.6 Å². The summed E-state index contributed by atoms with van der Waals surface area (Å²) in [6.45, 7) is -0.116. The van der Waals surface area contributed by atoms with Crippen LogP contribution >= 0.6 is 11.6 Å². The van der Waals surface area contributed by atoms with Gasteiger partial charge in [0.15, 0.2) is 11.6 Å². The smallest absolute Gasteiger partial charge is 0.324 e. The molecule has 1 aliphatic rings. The Morgan fingerprint density at radius 1 is 1.00 bits per heavy atom. The minimum absolute atomic E-state index is 0.00215. The van der Waals surface area contributed by atoms with Crippen molar-refractivity contribution in [2.24, 2.45) is 0 Å². The van der Waals surface area contributed by atoms with Gasteiger partial charge < -0.3 is 9.47 Å². The van der Waals surface area contributed by atoms with Crippen molar-refractivity contribution in [3.8, 4) is 16.9 Å². The van der Waals surface area contributed by atoms with Gasteiger partial charge in [-0.15, -0.1) is 0 Å². The largest absolute Gasteiger partial charge is 0.486 e. The number of esters is 1. The normalized spacial score (nSPS) is 18.8. The summed E-state index contributed by atoms with van der Waals surface area (Å²) < 4.78 is 52.3. The van der Waals surface area contributed by atoms with Gasteiger partial charge in [0, 0.05) is 11.4 Å². The van der Waals surface area contributed by atoms with E-state index in [-0.39, 0.29) is 23.6 Å². The first-order chi connectivity index (χ1) is 15.8. The van der Waals surface area contributed by atoms with Crippen molar-refractivity contribution in [3.05, 3.63) is 83.6 Å². The molecule has 2 atom stereocenters. The van der Waals surface area contributed by atoms with E-state index in [0.717, 1.165) is 15.4 Å². The molecule has 0 amide bonds. The Morgan fingerprint density at radius 3 is 2.21 bits per heavy atom. The summed E-state index contributed by atoms with van der Waals surface area (Å²) in [7, 11) is -2.85. The molecule has 0 radical (unpaired) electrons. The summed E-state index contributed by atoms with van der Waals surface area (Å²) in [5, 5.41) is 0.605. The Bertz CT molecular complexity index is 1250. The lowest BCUT2D eigenvalue weighted by Gasteiger charge is -2.22. The van der Waals surface area contributed by atoms with E-state index in [0.29, 0.717) is 5.02 Å². The van der Waals surface area contributed by atoms with Crippen LogP contribution in [0.4, 0.5) is 4.39 Å². The lowest BCUT2D eigenvalue weighted by atomic mass is 10.1. The molecule has 0 aromatic heterocycles. The van der Waals surface area contributed by atoms with Crippen molar-refractivity contribution in [1.82, 2.24) is 4.31 Å². The molecule has 1 saturated heterocycles. The molecule has 172 valence electrons. The van der Waals surface area contributed by atoms with Gasteiger partial charge in [-0.2, -0.15) is 4.31 Å². The van der Waals surface area contributed by atoms with Gasteiger partial charge in [-0.05, 0) is 47.5 Å². The summed E-state index contributed by atoms with van der Waals surface area (Å²) in [4.78, 5) is 12.4. The first kappa shape index (κ1) is 23.2. The molecule has 0 N–H and O–H groups in total. The molecule has 3 aromatic rings. The molecular formula is C24H21ClFNO5S. The molecule has 0 bridgehead atoms. The highest BCUT2D eigenvalue weighted by atomic mass is 35.5. The second kappa shape index (κ2) is 9.51. The van der Waals surface area contributed by atoms with Gasteiger partial charge in [0.25, 0.3) is 0 Å². The van der Waals surface area contributed by atoms with Gasteiger partial charge in [-0.25, -0.2) is 12.8 Å². The SMILES string of the molecule is COC(=O)C1CC(Oc2ccccc2F)CN1S(=O)(=O)c1ccc(-c2ccc(Cl)cc2)cc1. The van der Waals surface area contributed by atoms with E-state index in [1.54, 1.807) is 30.3 Å². The molecule has 1 aliphatic heterocycles. The second-order valence-electron chi connectivity index (χ2n) is 7.55. The Labute approximate surface area is 196 Å². The van der Waals surface area contributed by atoms with Gasteiger partial charge >= 0.3 is 5.97 Å². The minimum Gasteiger partial charge on any atom is -0.486 e. The monoisotopic (exact) mass is 489 g/mol. The van der Waals surface area contributed by atoms with Crippen LogP contribution in [0.3, 0.4) is 0 Å². The Morgan fingerprint density at radius 2 is 1.61 bits per heavy atom. The van der Waals surface area contributed by atoms with E-state index < -0.39 is 34.0 Å². The molecule has 1 heterocycles. The summed E-state index contributed by atoms with van der Waals surface area (Å²) in [5.41, 5.74) is 1.70. The third kappa shape index (κ3) is 4.88. The zero-order valence-electron chi connectivity index (χ0n) is 17.6. The quantitative estimate of drug-likeness (QED) is 0.476. The molecule has 0 saturated carbocycles. The zero-order chi connectivity index (χ0) is 23.6. The van der Waals surface area contributed by atoms with E-state index in [1.165, 1.54) is 37.4 Å². The fraction of sp³-hybridized carbons (Fsp3) is 0.208. The number of carbonyl (C=O) groups is 1. The molecule has 4 rings (SSSR count). The number of para-hydroxylation sites is 1. The Hall–Kier alpha value is -2.94. The first-order valence-electron chi connectivity index (χ1n) is 10.2. The van der Waals surface area contributed by atoms with Crippen molar-refractivity contribution in [3.63, 3.8) is 0 Å². The molecule has 9 heteroatoms. The number of nitrogens with zero attached hydrogens (tertiary/aromatic N) is 1. The number of benzene rings is 3. The van der Waals surface area contributed by atoms with E-state index >= 15 is 0 Å². The van der Waals surface area contributed by atoms with Crippen LogP contribution in [0.25, 0.3) is 11.1 Å². The van der Waals surface area contributed by atoms with Crippen molar-refractivity contribution in [2.45, 2.75) is 23.5 Å². The molecule has 0 aliphatic carbocycles. The van der Waals surface area contributed by atoms with Gasteiger partial charge in [0.05, 0.1) is 18.6 Å². The average Bonchev–Trinajstić information content (AvgIpc) is 3.25. The predicted molar refractivity (Wildman–Crippen MR) is 122 cm³/mol. The summed E-state index contributed by atoms with van der Waals surface area (Å²) in [6.07, 6.45) is -0.669. The minimum atomic E-state index is -4.05. The molecular weight excluding hydrogens is 469 g/mol. The highest BCUT2D eigenvalue weighted by Crippen LogP contribution is 2.31. The predicted octanol–water partition coefficient (Wildman–Crippen LogP) is 4.53. The molecule has 33 heavy (non-hydrogen) atoms. The van der Waals surface area contributed by atoms with Crippen LogP contribution in [0.1, 0.15) is 6.42 Å². The number of hydrogen-bond donors (Lipinski definition) is 0. The summed E-state index contributed by atoms with van der Waals surface area (Å²) in [6, 6.07) is 18.3. The van der Waals surface area contributed by atoms with Crippen LogP contribution < -0.4 is 4.74 Å². The second-order valence-corrected chi connectivity index (χ2v) is 9.88. The van der Waals surface area contributed by atoms with Gasteiger partial charge in [0.2, 0.25) is 10.0 Å². The number of ether oxygens (including phenoxy) is 2. The van der Waals surface area contributed by atoms with Crippen molar-refractivity contribution < 1.29 is 27.1 Å². The van der Waals surface area contributed by atoms with Gasteiger partial charge in [0.1, 0.15) is 12.1 Å². The average molecular weight is 490 g/mol. The van der Waals surface area contributed by atoms with Gasteiger partial charge in [-0.3, -0.25) is 4.79 Å². The fourth-order valence-electron chi connectivity index (χ4n) is 3.79. The maximum absolute atomic E-state index is 14.0. The van der Waals surface area contributed by atoms with E-state index in [2.05, 4.69) is 0 Å². The van der Waals surface area contributed by atoms with Crippen molar-refractivity contribution >= 4 is 27.6 Å². The Kier molecular flexibility index (Phi) is 6.69. The van der Waals surface area contributed by atoms with Crippen molar-refractivity contribution in [2.75, 3.05) is 13.7 Å².